The standard InChI is InChI=1S/C16H14N6O3S3/c17-9-6-10(23)21-15(19-9)27-7-11(24)20-14-12(13(18)25)22(16(26)28-14)8-4-2-1-3-5-8/h1-6H,7H2,(H2,18,25)(H,20,24)(H3,17,19,21,23). The van der Waals surface area contributed by atoms with E-state index in [-0.39, 0.29) is 27.4 Å². The second-order valence-corrected chi connectivity index (χ2v) is 8.00. The minimum Gasteiger partial charge on any atom is -0.383 e. The Bertz CT molecular complexity index is 1150. The number of para-hydroxylation sites is 1. The normalized spacial score (nSPS) is 10.6. The van der Waals surface area contributed by atoms with Crippen molar-refractivity contribution in [2.24, 2.45) is 5.73 Å². The molecule has 0 radical (unpaired) electrons. The van der Waals surface area contributed by atoms with E-state index in [9.17, 15) is 14.4 Å². The zero-order valence-electron chi connectivity index (χ0n) is 14.2. The topological polar surface area (TPSA) is 149 Å². The first-order valence-corrected chi connectivity index (χ1v) is 9.96. The van der Waals surface area contributed by atoms with Crippen molar-refractivity contribution in [2.45, 2.75) is 5.16 Å². The highest BCUT2D eigenvalue weighted by Crippen LogP contribution is 2.29. The predicted octanol–water partition coefficient (Wildman–Crippen LogP) is 1.76. The van der Waals surface area contributed by atoms with Gasteiger partial charge in [0.25, 0.3) is 11.5 Å². The number of aromatic nitrogens is 3. The van der Waals surface area contributed by atoms with Gasteiger partial charge in [0.1, 0.15) is 16.5 Å². The molecule has 0 saturated heterocycles. The molecule has 0 spiro atoms. The maximum Gasteiger partial charge on any atom is 0.268 e. The molecular formula is C16H14N6O3S3. The van der Waals surface area contributed by atoms with Crippen molar-refractivity contribution in [1.29, 1.82) is 0 Å². The summed E-state index contributed by atoms with van der Waals surface area (Å²) in [6.07, 6.45) is 0. The van der Waals surface area contributed by atoms with Gasteiger partial charge < -0.3 is 21.8 Å². The van der Waals surface area contributed by atoms with E-state index < -0.39 is 17.4 Å². The lowest BCUT2D eigenvalue weighted by atomic mass is 10.3. The number of primary amides is 1. The molecule has 3 rings (SSSR count). The first-order chi connectivity index (χ1) is 13.3. The summed E-state index contributed by atoms with van der Waals surface area (Å²) in [6, 6.07) is 10.1. The molecule has 0 atom stereocenters. The van der Waals surface area contributed by atoms with Gasteiger partial charge in [-0.3, -0.25) is 19.0 Å². The second kappa shape index (κ2) is 8.37. The van der Waals surface area contributed by atoms with Crippen LogP contribution in [0.3, 0.4) is 0 Å². The smallest absolute Gasteiger partial charge is 0.268 e. The fraction of sp³-hybridized carbons (Fsp3) is 0.0625. The van der Waals surface area contributed by atoms with Crippen molar-refractivity contribution in [3.05, 3.63) is 56.4 Å². The molecule has 28 heavy (non-hydrogen) atoms. The van der Waals surface area contributed by atoms with Crippen LogP contribution in [0, 0.1) is 3.95 Å². The van der Waals surface area contributed by atoms with Gasteiger partial charge >= 0.3 is 0 Å². The van der Waals surface area contributed by atoms with Gasteiger partial charge in [0.2, 0.25) is 5.91 Å². The van der Waals surface area contributed by atoms with Gasteiger partial charge in [0.05, 0.1) is 5.75 Å². The summed E-state index contributed by atoms with van der Waals surface area (Å²) in [5.41, 5.74) is 11.4. The van der Waals surface area contributed by atoms with Crippen LogP contribution in [0.2, 0.25) is 0 Å². The number of amides is 2. The Hall–Kier alpha value is -2.96. The number of nitrogens with one attached hydrogen (secondary N) is 2. The summed E-state index contributed by atoms with van der Waals surface area (Å²) in [6.45, 7) is 0. The molecule has 0 saturated carbocycles. The van der Waals surface area contributed by atoms with E-state index in [1.54, 1.807) is 24.3 Å². The largest absolute Gasteiger partial charge is 0.383 e. The number of hydrogen-bond donors (Lipinski definition) is 4. The fourth-order valence-electron chi connectivity index (χ4n) is 2.31. The van der Waals surface area contributed by atoms with E-state index in [2.05, 4.69) is 15.3 Å². The maximum absolute atomic E-state index is 12.3. The molecule has 2 amide bonds. The number of carbonyl (C=O) groups is 2. The number of thiazole rings is 1. The summed E-state index contributed by atoms with van der Waals surface area (Å²) >= 11 is 7.39. The molecular weight excluding hydrogens is 420 g/mol. The second-order valence-electron chi connectivity index (χ2n) is 5.39. The molecule has 0 unspecified atom stereocenters. The van der Waals surface area contributed by atoms with Crippen LogP contribution < -0.4 is 22.3 Å². The molecule has 0 aliphatic rings. The number of H-pyrrole nitrogens is 1. The first kappa shape index (κ1) is 19.8. The summed E-state index contributed by atoms with van der Waals surface area (Å²) in [7, 11) is 0. The summed E-state index contributed by atoms with van der Waals surface area (Å²) in [5.74, 6) is -1.16. The highest BCUT2D eigenvalue weighted by atomic mass is 32.2. The number of rotatable bonds is 6. The summed E-state index contributed by atoms with van der Waals surface area (Å²) in [5, 5.41) is 3.11. The zero-order chi connectivity index (χ0) is 20.3. The van der Waals surface area contributed by atoms with Crippen LogP contribution in [0.5, 0.6) is 0 Å². The van der Waals surface area contributed by atoms with Gasteiger partial charge in [-0.15, -0.1) is 0 Å². The number of nitrogens with two attached hydrogens (primary N) is 2. The van der Waals surface area contributed by atoms with Crippen LogP contribution >= 0.6 is 35.3 Å². The zero-order valence-corrected chi connectivity index (χ0v) is 16.6. The van der Waals surface area contributed by atoms with E-state index >= 15 is 0 Å². The molecule has 9 nitrogen and oxygen atoms in total. The highest BCUT2D eigenvalue weighted by Gasteiger charge is 2.20. The average molecular weight is 435 g/mol. The number of nitrogen functional groups attached to an aromatic ring is 1. The van der Waals surface area contributed by atoms with E-state index in [0.29, 0.717) is 9.64 Å². The molecule has 3 aromatic rings. The Kier molecular flexibility index (Phi) is 5.92. The lowest BCUT2D eigenvalue weighted by Gasteiger charge is -2.08. The summed E-state index contributed by atoms with van der Waals surface area (Å²) in [4.78, 5) is 42.1. The Labute approximate surface area is 171 Å². The summed E-state index contributed by atoms with van der Waals surface area (Å²) < 4.78 is 1.88. The van der Waals surface area contributed by atoms with Gasteiger partial charge in [-0.2, -0.15) is 0 Å². The van der Waals surface area contributed by atoms with Crippen molar-refractivity contribution in [3.8, 4) is 5.69 Å². The first-order valence-electron chi connectivity index (χ1n) is 7.75. The van der Waals surface area contributed by atoms with Crippen LogP contribution in [0.25, 0.3) is 5.69 Å². The quantitative estimate of drug-likeness (QED) is 0.262. The van der Waals surface area contributed by atoms with Crippen molar-refractivity contribution in [2.75, 3.05) is 16.8 Å². The van der Waals surface area contributed by atoms with Gasteiger partial charge in [-0.1, -0.05) is 41.3 Å². The molecule has 6 N–H and O–H groups in total. The van der Waals surface area contributed by atoms with E-state index in [1.165, 1.54) is 4.57 Å². The maximum atomic E-state index is 12.3. The van der Waals surface area contributed by atoms with Crippen LogP contribution in [0.1, 0.15) is 10.5 Å². The SMILES string of the molecule is NC(=O)c1c(NC(=O)CSc2nc(N)cc(=O)[nH]2)sc(=S)n1-c1ccccc1. The number of aromatic amines is 1. The molecule has 0 fully saturated rings. The van der Waals surface area contributed by atoms with Crippen molar-refractivity contribution in [3.63, 3.8) is 0 Å². The molecule has 0 aliphatic carbocycles. The third-order valence-electron chi connectivity index (χ3n) is 3.39. The molecule has 2 aromatic heterocycles. The minimum atomic E-state index is -0.721. The van der Waals surface area contributed by atoms with E-state index in [4.69, 9.17) is 23.7 Å². The van der Waals surface area contributed by atoms with E-state index in [0.717, 1.165) is 29.2 Å². The van der Waals surface area contributed by atoms with Crippen molar-refractivity contribution >= 4 is 57.9 Å². The lowest BCUT2D eigenvalue weighted by Crippen LogP contribution is -2.21. The lowest BCUT2D eigenvalue weighted by molar-refractivity contribution is -0.113. The number of anilines is 2. The van der Waals surface area contributed by atoms with Gasteiger partial charge in [-0.25, -0.2) is 4.98 Å². The highest BCUT2D eigenvalue weighted by molar-refractivity contribution is 7.99. The minimum absolute atomic E-state index is 0.0561. The molecule has 2 heterocycles. The number of benzene rings is 1. The van der Waals surface area contributed by atoms with Crippen LogP contribution in [-0.4, -0.2) is 32.1 Å². The third kappa shape index (κ3) is 4.47. The monoisotopic (exact) mass is 434 g/mol. The Balaban J connectivity index is 1.82. The fourth-order valence-corrected chi connectivity index (χ4v) is 4.36. The van der Waals surface area contributed by atoms with Gasteiger partial charge in [0, 0.05) is 11.8 Å². The molecule has 12 heteroatoms. The van der Waals surface area contributed by atoms with Crippen molar-refractivity contribution in [1.82, 2.24) is 14.5 Å². The number of thioether (sulfide) groups is 1. The van der Waals surface area contributed by atoms with Crippen LogP contribution in [0.15, 0.2) is 46.3 Å². The Morgan fingerprint density at radius 3 is 2.68 bits per heavy atom. The molecule has 0 aliphatic heterocycles. The van der Waals surface area contributed by atoms with E-state index in [1.807, 2.05) is 6.07 Å². The van der Waals surface area contributed by atoms with Crippen LogP contribution in [-0.2, 0) is 4.79 Å². The third-order valence-corrected chi connectivity index (χ3v) is 5.55. The van der Waals surface area contributed by atoms with Gasteiger partial charge in [-0.05, 0) is 24.4 Å². The Morgan fingerprint density at radius 1 is 1.32 bits per heavy atom. The van der Waals surface area contributed by atoms with Crippen LogP contribution in [0.4, 0.5) is 10.8 Å². The Morgan fingerprint density at radius 2 is 2.04 bits per heavy atom. The van der Waals surface area contributed by atoms with Gasteiger partial charge in [0.15, 0.2) is 9.11 Å². The number of carbonyl (C=O) groups excluding carboxylic acids is 2. The molecule has 0 bridgehead atoms. The van der Waals surface area contributed by atoms with Crippen molar-refractivity contribution < 1.29 is 9.59 Å². The molecule has 144 valence electrons. The number of hydrogen-bond acceptors (Lipinski definition) is 8. The average Bonchev–Trinajstić information content (AvgIpc) is 2.96. The number of nitrogens with zero attached hydrogens (tertiary/aromatic N) is 2. The predicted molar refractivity (Wildman–Crippen MR) is 112 cm³/mol. The molecule has 1 aromatic carbocycles.